The van der Waals surface area contributed by atoms with Crippen LogP contribution in [0.1, 0.15) is 81.9 Å². The molecule has 1 aliphatic heterocycles. The molecule has 2 heteroatoms. The molecule has 0 amide bonds. The van der Waals surface area contributed by atoms with Crippen LogP contribution in [0, 0.1) is 5.92 Å². The molecule has 0 N–H and O–H groups in total. The molecule has 2 aromatic carbocycles. The van der Waals surface area contributed by atoms with Crippen molar-refractivity contribution >= 4 is 0 Å². The number of ether oxygens (including phenoxy) is 2. The Morgan fingerprint density at radius 1 is 0.724 bits per heavy atom. The highest BCUT2D eigenvalue weighted by Crippen LogP contribution is 2.38. The summed E-state index contributed by atoms with van der Waals surface area (Å²) in [7, 11) is 0. The lowest BCUT2D eigenvalue weighted by Gasteiger charge is -2.29. The van der Waals surface area contributed by atoms with Crippen LogP contribution in [0.15, 0.2) is 48.5 Å². The molecule has 4 rings (SSSR count). The van der Waals surface area contributed by atoms with Gasteiger partial charge >= 0.3 is 0 Å². The molecule has 2 aromatic rings. The quantitative estimate of drug-likeness (QED) is 0.514. The van der Waals surface area contributed by atoms with Gasteiger partial charge in [-0.1, -0.05) is 75.2 Å². The first-order chi connectivity index (χ1) is 14.3. The Bertz CT molecular complexity index is 733. The highest BCUT2D eigenvalue weighted by Gasteiger charge is 2.23. The van der Waals surface area contributed by atoms with Gasteiger partial charge in [0.25, 0.3) is 0 Å². The minimum Gasteiger partial charge on any atom is -0.373 e. The van der Waals surface area contributed by atoms with Crippen molar-refractivity contribution in [3.8, 4) is 11.1 Å². The molecule has 0 unspecified atom stereocenters. The number of hydrogen-bond donors (Lipinski definition) is 0. The zero-order chi connectivity index (χ0) is 20.1. The van der Waals surface area contributed by atoms with Gasteiger partial charge in [0.15, 0.2) is 0 Å². The van der Waals surface area contributed by atoms with Gasteiger partial charge in [-0.25, -0.2) is 0 Å². The predicted octanol–water partition coefficient (Wildman–Crippen LogP) is 7.29. The van der Waals surface area contributed by atoms with Crippen molar-refractivity contribution in [3.63, 3.8) is 0 Å². The summed E-state index contributed by atoms with van der Waals surface area (Å²) in [5.41, 5.74) is 5.31. The maximum Gasteiger partial charge on any atom is 0.106 e. The summed E-state index contributed by atoms with van der Waals surface area (Å²) in [4.78, 5) is 0. The lowest BCUT2D eigenvalue weighted by molar-refractivity contribution is -0.135. The van der Waals surface area contributed by atoms with Crippen LogP contribution in [0.4, 0.5) is 0 Å². The van der Waals surface area contributed by atoms with E-state index < -0.39 is 0 Å². The van der Waals surface area contributed by atoms with Gasteiger partial charge in [0.05, 0.1) is 19.3 Å². The smallest absolute Gasteiger partial charge is 0.106 e. The zero-order valence-corrected chi connectivity index (χ0v) is 18.1. The highest BCUT2D eigenvalue weighted by molar-refractivity contribution is 5.64. The van der Waals surface area contributed by atoms with Crippen molar-refractivity contribution < 1.29 is 9.47 Å². The van der Waals surface area contributed by atoms with Crippen molar-refractivity contribution in [2.75, 3.05) is 13.2 Å². The van der Waals surface area contributed by atoms with Gasteiger partial charge in [-0.15, -0.1) is 0 Å². The molecule has 1 heterocycles. The largest absolute Gasteiger partial charge is 0.373 e. The SMILES string of the molecule is CCCC1CCC(c2ccc(-c3ccc([C@@H]4CO[C@@H](CC)CO4)cc3)cc2)CC1. The molecule has 29 heavy (non-hydrogen) atoms. The van der Waals surface area contributed by atoms with E-state index in [1.54, 1.807) is 0 Å². The third-order valence-corrected chi connectivity index (χ3v) is 6.96. The first-order valence-corrected chi connectivity index (χ1v) is 11.7. The fraction of sp³-hybridized carbons (Fsp3) is 0.556. The molecule has 2 nitrogen and oxygen atoms in total. The summed E-state index contributed by atoms with van der Waals surface area (Å²) >= 11 is 0. The molecule has 2 aliphatic rings. The van der Waals surface area contributed by atoms with Crippen LogP contribution in [0.3, 0.4) is 0 Å². The second-order valence-electron chi connectivity index (χ2n) is 8.94. The molecule has 0 spiro atoms. The molecule has 1 aliphatic carbocycles. The summed E-state index contributed by atoms with van der Waals surface area (Å²) in [5.74, 6) is 1.73. The van der Waals surface area contributed by atoms with E-state index in [2.05, 4.69) is 62.4 Å². The standard InChI is InChI=1S/C27H36O2/c1-3-5-20-6-8-21(9-7-20)22-10-12-23(13-11-22)24-14-16-25(17-15-24)27-19-28-26(4-2)18-29-27/h10-17,20-21,26-27H,3-9,18-19H2,1-2H3/t20?,21?,26-,27-/m0/s1. The average Bonchev–Trinajstić information content (AvgIpc) is 2.80. The first kappa shape index (κ1) is 20.6. The van der Waals surface area contributed by atoms with E-state index in [0.29, 0.717) is 13.2 Å². The van der Waals surface area contributed by atoms with Gasteiger partial charge in [-0.3, -0.25) is 0 Å². The van der Waals surface area contributed by atoms with Crippen molar-refractivity contribution in [3.05, 3.63) is 59.7 Å². The summed E-state index contributed by atoms with van der Waals surface area (Å²) < 4.78 is 11.9. The topological polar surface area (TPSA) is 18.5 Å². The number of rotatable bonds is 6. The fourth-order valence-corrected chi connectivity index (χ4v) is 5.00. The molecule has 0 aromatic heterocycles. The van der Waals surface area contributed by atoms with Crippen LogP contribution < -0.4 is 0 Å². The molecular weight excluding hydrogens is 356 g/mol. The molecule has 0 bridgehead atoms. The maximum absolute atomic E-state index is 5.99. The molecule has 156 valence electrons. The molecule has 2 atom stereocenters. The van der Waals surface area contributed by atoms with Crippen molar-refractivity contribution in [2.24, 2.45) is 5.92 Å². The van der Waals surface area contributed by atoms with Gasteiger partial charge in [-0.05, 0) is 66.2 Å². The summed E-state index contributed by atoms with van der Waals surface area (Å²) in [6, 6.07) is 18.1. The van der Waals surface area contributed by atoms with E-state index in [4.69, 9.17) is 9.47 Å². The predicted molar refractivity (Wildman–Crippen MR) is 120 cm³/mol. The normalized spacial score (nSPS) is 27.7. The van der Waals surface area contributed by atoms with Crippen LogP contribution in [0.5, 0.6) is 0 Å². The summed E-state index contributed by atoms with van der Waals surface area (Å²) in [6.07, 6.45) is 9.63. The Hall–Kier alpha value is -1.64. The van der Waals surface area contributed by atoms with E-state index in [0.717, 1.165) is 18.3 Å². The Morgan fingerprint density at radius 3 is 1.86 bits per heavy atom. The Labute approximate surface area is 176 Å². The van der Waals surface area contributed by atoms with E-state index in [-0.39, 0.29) is 12.2 Å². The Morgan fingerprint density at radius 2 is 1.34 bits per heavy atom. The lowest BCUT2D eigenvalue weighted by Crippen LogP contribution is -2.30. The molecule has 0 radical (unpaired) electrons. The van der Waals surface area contributed by atoms with Crippen LogP contribution in [0.2, 0.25) is 0 Å². The number of hydrogen-bond acceptors (Lipinski definition) is 2. The molecular formula is C27H36O2. The second-order valence-corrected chi connectivity index (χ2v) is 8.94. The van der Waals surface area contributed by atoms with Crippen molar-refractivity contribution in [1.82, 2.24) is 0 Å². The third kappa shape index (κ3) is 5.10. The van der Waals surface area contributed by atoms with Gasteiger partial charge < -0.3 is 9.47 Å². The molecule has 2 fully saturated rings. The summed E-state index contributed by atoms with van der Waals surface area (Å²) in [6.45, 7) is 5.82. The molecule has 1 saturated carbocycles. The number of benzene rings is 2. The van der Waals surface area contributed by atoms with Gasteiger partial charge in [0, 0.05) is 0 Å². The van der Waals surface area contributed by atoms with E-state index in [9.17, 15) is 0 Å². The zero-order valence-electron chi connectivity index (χ0n) is 18.1. The van der Waals surface area contributed by atoms with E-state index in [1.165, 1.54) is 60.8 Å². The third-order valence-electron chi connectivity index (χ3n) is 6.96. The van der Waals surface area contributed by atoms with Crippen LogP contribution >= 0.6 is 0 Å². The van der Waals surface area contributed by atoms with Gasteiger partial charge in [-0.2, -0.15) is 0 Å². The van der Waals surface area contributed by atoms with Crippen LogP contribution in [-0.4, -0.2) is 19.3 Å². The van der Waals surface area contributed by atoms with Gasteiger partial charge in [0.2, 0.25) is 0 Å². The van der Waals surface area contributed by atoms with Gasteiger partial charge in [0.1, 0.15) is 6.10 Å². The minimum atomic E-state index is 0.0667. The van der Waals surface area contributed by atoms with Crippen molar-refractivity contribution in [2.45, 2.75) is 76.9 Å². The monoisotopic (exact) mass is 392 g/mol. The summed E-state index contributed by atoms with van der Waals surface area (Å²) in [5, 5.41) is 0. The van der Waals surface area contributed by atoms with E-state index in [1.807, 2.05) is 0 Å². The second kappa shape index (κ2) is 9.91. The Kier molecular flexibility index (Phi) is 7.05. The Balaban J connectivity index is 1.36. The fourth-order valence-electron chi connectivity index (χ4n) is 5.00. The van der Waals surface area contributed by atoms with Crippen LogP contribution in [0.25, 0.3) is 11.1 Å². The molecule has 1 saturated heterocycles. The highest BCUT2D eigenvalue weighted by atomic mass is 16.6. The average molecular weight is 393 g/mol. The van der Waals surface area contributed by atoms with Crippen molar-refractivity contribution in [1.29, 1.82) is 0 Å². The minimum absolute atomic E-state index is 0.0667. The van der Waals surface area contributed by atoms with E-state index >= 15 is 0 Å². The van der Waals surface area contributed by atoms with Crippen LogP contribution in [-0.2, 0) is 9.47 Å². The lowest BCUT2D eigenvalue weighted by atomic mass is 9.77. The first-order valence-electron chi connectivity index (χ1n) is 11.7. The maximum atomic E-state index is 5.99.